The molecule has 4 heterocycles. The highest BCUT2D eigenvalue weighted by molar-refractivity contribution is 8.07. The van der Waals surface area contributed by atoms with E-state index in [4.69, 9.17) is 47.9 Å². The van der Waals surface area contributed by atoms with Crippen LogP contribution in [0.2, 0.25) is 22.2 Å². The number of hydrogen-bond donors (Lipinski definition) is 4. The van der Waals surface area contributed by atoms with E-state index in [1.54, 1.807) is 6.07 Å². The Morgan fingerprint density at radius 2 is 1.82 bits per heavy atom. The number of aromatic amines is 1. The van der Waals surface area contributed by atoms with Crippen LogP contribution in [-0.2, 0) is 47.7 Å². The van der Waals surface area contributed by atoms with Crippen LogP contribution in [0.25, 0.3) is 11.0 Å². The van der Waals surface area contributed by atoms with E-state index in [0.29, 0.717) is 5.88 Å². The van der Waals surface area contributed by atoms with Gasteiger partial charge in [-0.1, -0.05) is 55.4 Å². The number of aliphatic hydroxyl groups is 1. The lowest BCUT2D eigenvalue weighted by Gasteiger charge is -2.47. The predicted octanol–water partition coefficient (Wildman–Crippen LogP) is 5.91. The van der Waals surface area contributed by atoms with Crippen molar-refractivity contribution in [1.29, 1.82) is 5.26 Å². The summed E-state index contributed by atoms with van der Waals surface area (Å²) in [6.07, 6.45) is -1.17. The second-order valence-electron chi connectivity index (χ2n) is 16.3. The van der Waals surface area contributed by atoms with Crippen LogP contribution in [0.3, 0.4) is 0 Å². The lowest BCUT2D eigenvalue weighted by molar-refractivity contribution is -0.0508. The molecule has 0 aromatic carbocycles. The van der Waals surface area contributed by atoms with Crippen molar-refractivity contribution in [2.24, 2.45) is 5.92 Å². The van der Waals surface area contributed by atoms with Gasteiger partial charge in [0.2, 0.25) is 5.88 Å². The van der Waals surface area contributed by atoms with Gasteiger partial charge in [0, 0.05) is 35.4 Å². The number of ether oxygens (including phenoxy) is 2. The lowest BCUT2D eigenvalue weighted by atomic mass is 10.1. The summed E-state index contributed by atoms with van der Waals surface area (Å²) in [6, 6.07) is 3.57. The number of aliphatic hydroxyl groups excluding tert-OH is 1. The summed E-state index contributed by atoms with van der Waals surface area (Å²) < 4.78 is 80.1. The molecule has 19 nitrogen and oxygen atoms in total. The maximum absolute atomic E-state index is 15.6. The maximum atomic E-state index is 15.6. The van der Waals surface area contributed by atoms with E-state index < -0.39 is 92.7 Å². The van der Waals surface area contributed by atoms with Crippen LogP contribution in [0.1, 0.15) is 80.9 Å². The number of hydrogen-bond acceptors (Lipinski definition) is 17. The number of aromatic nitrogens is 5. The third kappa shape index (κ3) is 11.2. The molecule has 1 saturated carbocycles. The van der Waals surface area contributed by atoms with Crippen molar-refractivity contribution in [3.05, 3.63) is 47.3 Å². The highest BCUT2D eigenvalue weighted by atomic mass is 32.5. The third-order valence-corrected chi connectivity index (χ3v) is 23.6. The van der Waals surface area contributed by atoms with Crippen LogP contribution in [0.4, 0.5) is 4.39 Å². The zero-order valence-corrected chi connectivity index (χ0v) is 39.9. The first kappa shape index (κ1) is 49.5. The molecule has 0 spiro atoms. The van der Waals surface area contributed by atoms with E-state index in [1.807, 2.05) is 61.5 Å². The molecule has 3 aromatic heterocycles. The average molecular weight is 950 g/mol. The molecule has 25 heteroatoms. The van der Waals surface area contributed by atoms with Crippen LogP contribution in [0.15, 0.2) is 35.9 Å². The second-order valence-corrected chi connectivity index (χ2v) is 28.6. The molecule has 2 unspecified atom stereocenters. The predicted molar refractivity (Wildman–Crippen MR) is 227 cm³/mol. The van der Waals surface area contributed by atoms with Gasteiger partial charge < -0.3 is 46.5 Å². The molecule has 61 heavy (non-hydrogen) atoms. The summed E-state index contributed by atoms with van der Waals surface area (Å²) >= 11 is 6.06. The largest absolute Gasteiger partial charge is 0.695 e. The smallest absolute Gasteiger partial charge is 0.474 e. The number of halogens is 1. The minimum absolute atomic E-state index is 0.107. The van der Waals surface area contributed by atoms with E-state index in [1.165, 1.54) is 17.1 Å². The summed E-state index contributed by atoms with van der Waals surface area (Å²) in [5, 5.41) is 20.0. The molecule has 1 saturated heterocycles. The van der Waals surface area contributed by atoms with Gasteiger partial charge in [-0.3, -0.25) is 9.32 Å². The number of rotatable bonds is 22. The summed E-state index contributed by atoms with van der Waals surface area (Å²) in [5.41, 5.74) is -1.90. The van der Waals surface area contributed by atoms with Gasteiger partial charge in [-0.2, -0.15) is 5.26 Å². The zero-order chi connectivity index (χ0) is 44.9. The molecule has 0 radical (unpaired) electrons. The van der Waals surface area contributed by atoms with Crippen LogP contribution >= 0.6 is 15.0 Å². The molecule has 9 atom stereocenters. The summed E-state index contributed by atoms with van der Waals surface area (Å²) in [5.74, 6) is -1.20. The minimum atomic E-state index is -4.05. The molecule has 1 aliphatic heterocycles. The lowest BCUT2D eigenvalue weighted by Crippen LogP contribution is -2.62. The minimum Gasteiger partial charge on any atom is -0.474 e. The first-order chi connectivity index (χ1) is 28.8. The zero-order valence-electron chi connectivity index (χ0n) is 35.3. The number of nitrogens with zero attached hydrogens (tertiary/aromatic N) is 5. The van der Waals surface area contributed by atoms with Gasteiger partial charge in [0.25, 0.3) is 5.56 Å². The number of fused-ring (bicyclic) bond motifs is 1. The molecule has 2 fully saturated rings. The molecule has 0 amide bonds. The average Bonchev–Trinajstić information content (AvgIpc) is 3.85. The van der Waals surface area contributed by atoms with Crippen LogP contribution in [-0.4, -0.2) is 107 Å². The van der Waals surface area contributed by atoms with Crippen molar-refractivity contribution >= 4 is 54.9 Å². The van der Waals surface area contributed by atoms with E-state index in [2.05, 4.69) is 19.9 Å². The van der Waals surface area contributed by atoms with E-state index in [0.717, 1.165) is 12.5 Å². The molecule has 3 aromatic rings. The van der Waals surface area contributed by atoms with E-state index in [-0.39, 0.29) is 65.7 Å². The van der Waals surface area contributed by atoms with Crippen molar-refractivity contribution in [2.45, 2.75) is 134 Å². The van der Waals surface area contributed by atoms with E-state index in [9.17, 15) is 29.4 Å². The van der Waals surface area contributed by atoms with Gasteiger partial charge in [0.15, 0.2) is 17.7 Å². The normalized spacial score (nSPS) is 24.9. The van der Waals surface area contributed by atoms with Crippen molar-refractivity contribution in [3.8, 4) is 11.9 Å². The molecular formula is C36H56FN6O13P2SSi2+. The third-order valence-electron chi connectivity index (χ3n) is 11.0. The van der Waals surface area contributed by atoms with Crippen LogP contribution in [0, 0.1) is 23.1 Å². The van der Waals surface area contributed by atoms with Gasteiger partial charge >= 0.3 is 32.1 Å². The molecule has 2 aliphatic rings. The van der Waals surface area contributed by atoms with Crippen LogP contribution in [0.5, 0.6) is 5.88 Å². The van der Waals surface area contributed by atoms with Gasteiger partial charge in [-0.25, -0.2) is 19.3 Å². The Kier molecular flexibility index (Phi) is 17.0. The molecular weight excluding hydrogens is 894 g/mol. The Labute approximate surface area is 361 Å². The standard InChI is InChI=1S/C36H55FN6O13P2SSi2/c1-21(2)60(48,22(3)4)56-61(23(5)6,24(7)8)55-32-29(17-44)52-36(43-16-27(37)31-34(43)41-20-42-35(31)45)33(32)54-58(59,49-13-9-11-38)50-18-25-14-26(15-28(25)53-57(46)47)51-30-10-12-39-19-40-30/h10,12,16,19-26,28-29,32-33,36,44,48H,9,13-15,17-18H2,1-8H3,(H-,41,42,45,46,47)/p+1/t25-,26-,28+,29-,32-,33+,36-,58?/m1/s1. The molecule has 5 rings (SSSR count). The Hall–Kier alpha value is -2.50. The van der Waals surface area contributed by atoms with Gasteiger partial charge in [-0.05, 0) is 40.4 Å². The van der Waals surface area contributed by atoms with Crippen molar-refractivity contribution in [3.63, 3.8) is 0 Å². The van der Waals surface area contributed by atoms with Crippen molar-refractivity contribution in [1.82, 2.24) is 24.5 Å². The Bertz CT molecular complexity index is 2090. The first-order valence-corrected chi connectivity index (χ1v) is 27.8. The monoisotopic (exact) mass is 949 g/mol. The fourth-order valence-electron chi connectivity index (χ4n) is 7.86. The topological polar surface area (TPSA) is 252 Å². The fourth-order valence-corrected chi connectivity index (χ4v) is 20.4. The summed E-state index contributed by atoms with van der Waals surface area (Å²) in [6.45, 7) is 10.2. The van der Waals surface area contributed by atoms with Crippen LogP contribution < -0.4 is 10.3 Å². The van der Waals surface area contributed by atoms with Gasteiger partial charge in [0.1, 0.15) is 42.2 Å². The maximum Gasteiger partial charge on any atom is 0.695 e. The Balaban J connectivity index is 1.59. The van der Waals surface area contributed by atoms with Crippen molar-refractivity contribution < 1.29 is 59.9 Å². The number of nitrogens with one attached hydrogen (secondary N) is 1. The quantitative estimate of drug-likeness (QED) is 0.0519. The highest BCUT2D eigenvalue weighted by Gasteiger charge is 2.60. The number of nitriles is 1. The Morgan fingerprint density at radius 1 is 1.11 bits per heavy atom. The molecule has 0 bridgehead atoms. The summed E-state index contributed by atoms with van der Waals surface area (Å²) in [4.78, 5) is 49.4. The number of H-pyrrole nitrogens is 1. The van der Waals surface area contributed by atoms with E-state index >= 15 is 4.39 Å². The van der Waals surface area contributed by atoms with Gasteiger partial charge in [-0.15, -0.1) is 9.42 Å². The van der Waals surface area contributed by atoms with Crippen molar-refractivity contribution in [2.75, 3.05) is 19.8 Å². The fraction of sp³-hybridized carbons (Fsp3) is 0.694. The Morgan fingerprint density at radius 3 is 2.41 bits per heavy atom. The molecule has 4 N–H and O–H groups in total. The first-order valence-electron chi connectivity index (χ1n) is 20.1. The summed E-state index contributed by atoms with van der Waals surface area (Å²) in [7, 11) is -10.2. The SMILES string of the molecule is CC(C)[Si](O)(O[Si](O[C@H]1[C@H](OP(=S)(OCCC#N)OC[C@H]2C[C@@H](Oc3ccncn3)C[C@@H]2O[P+](=O)O)[C@H](n2cc(F)c3c(=O)[nH]cnc32)O[C@@H]1CO)(C(C)C)C(C)C)C(C)C. The highest BCUT2D eigenvalue weighted by Crippen LogP contribution is 2.56. The van der Waals surface area contributed by atoms with Gasteiger partial charge in [0.05, 0.1) is 38.6 Å². The molecule has 1 aliphatic carbocycles. The molecule has 338 valence electrons. The second kappa shape index (κ2) is 21.0.